The normalized spacial score (nSPS) is 19.2. The first-order valence-corrected chi connectivity index (χ1v) is 9.78. The second kappa shape index (κ2) is 7.91. The molecule has 1 aliphatic rings. The number of hydrogen-bond donors (Lipinski definition) is 1. The molecule has 2 aromatic carbocycles. The number of nitrogens with zero attached hydrogens (tertiary/aromatic N) is 3. The molecule has 0 spiro atoms. The minimum Gasteiger partial charge on any atom is -0.494 e. The van der Waals surface area contributed by atoms with E-state index in [9.17, 15) is 24.4 Å². The molecule has 8 nitrogen and oxygen atoms in total. The molecule has 30 heavy (non-hydrogen) atoms. The average Bonchev–Trinajstić information content (AvgIpc) is 3.00. The molecule has 0 atom stereocenters. The largest absolute Gasteiger partial charge is 0.494 e. The van der Waals surface area contributed by atoms with Crippen LogP contribution < -0.4 is 10.4 Å². The molecule has 0 unspecified atom stereocenters. The minimum absolute atomic E-state index is 0.0692. The summed E-state index contributed by atoms with van der Waals surface area (Å²) >= 11 is 0. The summed E-state index contributed by atoms with van der Waals surface area (Å²) in [5, 5.41) is 21.1. The van der Waals surface area contributed by atoms with Gasteiger partial charge in [-0.05, 0) is 49.4 Å². The molecule has 3 aromatic rings. The number of methoxy groups -OCH3 is 1. The number of non-ortho nitro benzene ring substituents is 1. The summed E-state index contributed by atoms with van der Waals surface area (Å²) in [6.45, 7) is 0.0692. The summed E-state index contributed by atoms with van der Waals surface area (Å²) in [5.41, 5.74) is 1.15. The lowest BCUT2D eigenvalue weighted by Crippen LogP contribution is -2.31. The Morgan fingerprint density at radius 2 is 1.90 bits per heavy atom. The number of benzene rings is 2. The Morgan fingerprint density at radius 1 is 1.17 bits per heavy atom. The van der Waals surface area contributed by atoms with Gasteiger partial charge in [-0.25, -0.2) is 9.18 Å². The molecular weight excluding hydrogens is 393 g/mol. The van der Waals surface area contributed by atoms with E-state index in [0.717, 1.165) is 0 Å². The number of aliphatic hydroxyl groups is 1. The van der Waals surface area contributed by atoms with Gasteiger partial charge in [0.1, 0.15) is 0 Å². The first kappa shape index (κ1) is 20.1. The van der Waals surface area contributed by atoms with Crippen LogP contribution in [0, 0.1) is 15.9 Å². The number of rotatable bonds is 5. The Labute approximate surface area is 171 Å². The van der Waals surface area contributed by atoms with Crippen molar-refractivity contribution in [3.63, 3.8) is 0 Å². The minimum atomic E-state index is -0.543. The predicted molar refractivity (Wildman–Crippen MR) is 108 cm³/mol. The van der Waals surface area contributed by atoms with Crippen molar-refractivity contribution < 1.29 is 19.2 Å². The van der Waals surface area contributed by atoms with Crippen molar-refractivity contribution in [1.29, 1.82) is 0 Å². The van der Waals surface area contributed by atoms with E-state index in [4.69, 9.17) is 4.74 Å². The van der Waals surface area contributed by atoms with E-state index in [0.29, 0.717) is 42.3 Å². The van der Waals surface area contributed by atoms with Crippen LogP contribution in [0.15, 0.2) is 41.2 Å². The van der Waals surface area contributed by atoms with Gasteiger partial charge in [0.15, 0.2) is 11.6 Å². The summed E-state index contributed by atoms with van der Waals surface area (Å²) in [6.07, 6.45) is 2.12. The molecule has 4 rings (SSSR count). The molecular formula is C21H22FN3O5. The summed E-state index contributed by atoms with van der Waals surface area (Å²) < 4.78 is 22.2. The molecule has 158 valence electrons. The number of hydrogen-bond acceptors (Lipinski definition) is 5. The fourth-order valence-electron chi connectivity index (χ4n) is 4.19. The van der Waals surface area contributed by atoms with E-state index in [2.05, 4.69) is 0 Å². The SMILES string of the molecule is COc1ccc(Cn2c(=O)n([C@H]3CC[C@H](O)CC3)c3ccc([N+](=O)[O-])cc32)cc1F. The van der Waals surface area contributed by atoms with Crippen LogP contribution in [0.4, 0.5) is 10.1 Å². The number of fused-ring (bicyclic) bond motifs is 1. The number of imidazole rings is 1. The van der Waals surface area contributed by atoms with Gasteiger partial charge in [0, 0.05) is 18.2 Å². The van der Waals surface area contributed by atoms with Gasteiger partial charge in [0.25, 0.3) is 5.69 Å². The topological polar surface area (TPSA) is 99.5 Å². The molecule has 0 aliphatic heterocycles. The zero-order valence-corrected chi connectivity index (χ0v) is 16.5. The Kier molecular flexibility index (Phi) is 5.29. The number of nitro groups is 1. The van der Waals surface area contributed by atoms with Crippen LogP contribution in [0.25, 0.3) is 11.0 Å². The number of aromatic nitrogens is 2. The highest BCUT2D eigenvalue weighted by molar-refractivity contribution is 5.79. The molecule has 1 aromatic heterocycles. The lowest BCUT2D eigenvalue weighted by atomic mass is 9.93. The van der Waals surface area contributed by atoms with Gasteiger partial charge in [-0.1, -0.05) is 6.07 Å². The van der Waals surface area contributed by atoms with Crippen molar-refractivity contribution in [3.8, 4) is 5.75 Å². The molecule has 1 N–H and O–H groups in total. The third-order valence-electron chi connectivity index (χ3n) is 5.75. The summed E-state index contributed by atoms with van der Waals surface area (Å²) in [4.78, 5) is 24.1. The monoisotopic (exact) mass is 415 g/mol. The second-order valence-corrected chi connectivity index (χ2v) is 7.60. The van der Waals surface area contributed by atoms with Gasteiger partial charge in [0.05, 0.1) is 35.7 Å². The average molecular weight is 415 g/mol. The van der Waals surface area contributed by atoms with Gasteiger partial charge >= 0.3 is 5.69 Å². The summed E-state index contributed by atoms with van der Waals surface area (Å²) in [7, 11) is 1.37. The predicted octanol–water partition coefficient (Wildman–Crippen LogP) is 3.38. The third kappa shape index (κ3) is 3.56. The zero-order valence-electron chi connectivity index (χ0n) is 16.5. The molecule has 0 amide bonds. The Bertz CT molecular complexity index is 1160. The molecule has 9 heteroatoms. The Hall–Kier alpha value is -3.20. The van der Waals surface area contributed by atoms with Gasteiger partial charge in [0.2, 0.25) is 0 Å². The fourth-order valence-corrected chi connectivity index (χ4v) is 4.19. The maximum atomic E-state index is 14.1. The van der Waals surface area contributed by atoms with E-state index < -0.39 is 10.7 Å². The van der Waals surface area contributed by atoms with Crippen LogP contribution in [-0.2, 0) is 6.54 Å². The van der Waals surface area contributed by atoms with Gasteiger partial charge in [-0.15, -0.1) is 0 Å². The number of aliphatic hydroxyl groups excluding tert-OH is 1. The standard InChI is InChI=1S/C21H22FN3O5/c1-30-20-9-2-13(10-17(20)22)12-23-19-11-15(25(28)29)5-8-18(19)24(21(23)27)14-3-6-16(26)7-4-14/h2,5,8-11,14,16,26H,3-4,6-7,12H2,1H3/t14-,16-. The number of ether oxygens (including phenoxy) is 1. The van der Waals surface area contributed by atoms with E-state index in [-0.39, 0.29) is 35.8 Å². The fraction of sp³-hybridized carbons (Fsp3) is 0.381. The highest BCUT2D eigenvalue weighted by Gasteiger charge is 2.26. The molecule has 1 saturated carbocycles. The smallest absolute Gasteiger partial charge is 0.329 e. The summed E-state index contributed by atoms with van der Waals surface area (Å²) in [6, 6.07) is 8.69. The van der Waals surface area contributed by atoms with E-state index in [1.807, 2.05) is 0 Å². The maximum absolute atomic E-state index is 14.1. The van der Waals surface area contributed by atoms with Crippen molar-refractivity contribution in [1.82, 2.24) is 9.13 Å². The lowest BCUT2D eigenvalue weighted by Gasteiger charge is -2.26. The zero-order chi connectivity index (χ0) is 21.4. The van der Waals surface area contributed by atoms with Crippen LogP contribution >= 0.6 is 0 Å². The van der Waals surface area contributed by atoms with E-state index in [1.54, 1.807) is 16.7 Å². The van der Waals surface area contributed by atoms with Crippen molar-refractivity contribution in [2.45, 2.75) is 44.4 Å². The van der Waals surface area contributed by atoms with Gasteiger partial charge < -0.3 is 9.84 Å². The third-order valence-corrected chi connectivity index (χ3v) is 5.75. The first-order valence-electron chi connectivity index (χ1n) is 9.78. The van der Waals surface area contributed by atoms with E-state index in [1.165, 1.54) is 35.9 Å². The molecule has 0 saturated heterocycles. The first-order chi connectivity index (χ1) is 14.4. The maximum Gasteiger partial charge on any atom is 0.329 e. The molecule has 0 bridgehead atoms. The van der Waals surface area contributed by atoms with Crippen molar-refractivity contribution in [2.75, 3.05) is 7.11 Å². The molecule has 0 radical (unpaired) electrons. The summed E-state index contributed by atoms with van der Waals surface area (Å²) in [5.74, 6) is -0.441. The second-order valence-electron chi connectivity index (χ2n) is 7.60. The van der Waals surface area contributed by atoms with Crippen LogP contribution in [0.5, 0.6) is 5.75 Å². The Balaban J connectivity index is 1.84. The molecule has 1 fully saturated rings. The molecule has 1 aliphatic carbocycles. The van der Waals surface area contributed by atoms with Crippen molar-refractivity contribution in [3.05, 3.63) is 68.4 Å². The van der Waals surface area contributed by atoms with Crippen molar-refractivity contribution >= 4 is 16.7 Å². The van der Waals surface area contributed by atoms with Crippen LogP contribution in [0.2, 0.25) is 0 Å². The number of halogens is 1. The molecule has 1 heterocycles. The van der Waals surface area contributed by atoms with Crippen LogP contribution in [-0.4, -0.2) is 32.4 Å². The number of nitro benzene ring substituents is 1. The van der Waals surface area contributed by atoms with Gasteiger partial charge in [-0.2, -0.15) is 0 Å². The highest BCUT2D eigenvalue weighted by atomic mass is 19.1. The van der Waals surface area contributed by atoms with Crippen LogP contribution in [0.1, 0.15) is 37.3 Å². The van der Waals surface area contributed by atoms with Gasteiger partial charge in [-0.3, -0.25) is 19.2 Å². The Morgan fingerprint density at radius 3 is 2.53 bits per heavy atom. The van der Waals surface area contributed by atoms with Crippen molar-refractivity contribution in [2.24, 2.45) is 0 Å². The highest BCUT2D eigenvalue weighted by Crippen LogP contribution is 2.31. The quantitative estimate of drug-likeness (QED) is 0.509. The van der Waals surface area contributed by atoms with E-state index >= 15 is 0 Å². The van der Waals surface area contributed by atoms with Crippen LogP contribution in [0.3, 0.4) is 0 Å². The lowest BCUT2D eigenvalue weighted by molar-refractivity contribution is -0.384.